The molecule has 100 valence electrons. The minimum atomic E-state index is 0.0571. The predicted octanol–water partition coefficient (Wildman–Crippen LogP) is 1.47. The molecule has 0 fully saturated rings. The van der Waals surface area contributed by atoms with Crippen LogP contribution in [0.1, 0.15) is 12.0 Å². The van der Waals surface area contributed by atoms with E-state index in [0.717, 1.165) is 24.3 Å². The second-order valence-electron chi connectivity index (χ2n) is 4.67. The average Bonchev–Trinajstić information content (AvgIpc) is 2.31. The number of anilines is 1. The Hall–Kier alpha value is -1.39. The molecule has 0 unspecified atom stereocenters. The summed E-state index contributed by atoms with van der Waals surface area (Å²) >= 11 is 0. The Kier molecular flexibility index (Phi) is 6.39. The van der Waals surface area contributed by atoms with Gasteiger partial charge >= 0.3 is 0 Å². The summed E-state index contributed by atoms with van der Waals surface area (Å²) in [4.78, 5) is 13.8. The van der Waals surface area contributed by atoms with E-state index in [9.17, 15) is 4.79 Å². The van der Waals surface area contributed by atoms with Gasteiger partial charge in [-0.15, -0.1) is 0 Å². The lowest BCUT2D eigenvalue weighted by Gasteiger charge is -2.11. The Labute approximate surface area is 109 Å². The Bertz CT molecular complexity index is 377. The van der Waals surface area contributed by atoms with E-state index in [0.29, 0.717) is 13.0 Å². The van der Waals surface area contributed by atoms with Crippen molar-refractivity contribution in [1.29, 1.82) is 0 Å². The molecule has 1 aromatic carbocycles. The third-order valence-electron chi connectivity index (χ3n) is 2.68. The number of carbonyl (C=O) groups is 1. The molecule has 1 rings (SSSR count). The van der Waals surface area contributed by atoms with Crippen molar-refractivity contribution in [3.63, 3.8) is 0 Å². The maximum atomic E-state index is 11.7. The predicted molar refractivity (Wildman–Crippen MR) is 75.8 cm³/mol. The molecule has 0 saturated carbocycles. The van der Waals surface area contributed by atoms with E-state index in [1.165, 1.54) is 0 Å². The number of amides is 1. The van der Waals surface area contributed by atoms with Gasteiger partial charge < -0.3 is 15.5 Å². The number of likely N-dealkylation sites (N-methyl/N-ethyl adjacent to an activating group) is 1. The highest BCUT2D eigenvalue weighted by molar-refractivity contribution is 5.91. The zero-order valence-electron chi connectivity index (χ0n) is 11.5. The molecule has 1 aromatic rings. The van der Waals surface area contributed by atoms with Crippen LogP contribution in [0.25, 0.3) is 0 Å². The molecule has 1 amide bonds. The monoisotopic (exact) mass is 249 g/mol. The topological polar surface area (TPSA) is 44.4 Å². The largest absolute Gasteiger partial charge is 0.326 e. The summed E-state index contributed by atoms with van der Waals surface area (Å²) in [5, 5.41) is 6.17. The van der Waals surface area contributed by atoms with Gasteiger partial charge in [0.2, 0.25) is 5.91 Å². The third kappa shape index (κ3) is 5.80. The van der Waals surface area contributed by atoms with Crippen LogP contribution >= 0.6 is 0 Å². The van der Waals surface area contributed by atoms with E-state index < -0.39 is 0 Å². The van der Waals surface area contributed by atoms with Gasteiger partial charge in [-0.25, -0.2) is 0 Å². The first-order valence-corrected chi connectivity index (χ1v) is 6.30. The van der Waals surface area contributed by atoms with Gasteiger partial charge in [-0.3, -0.25) is 4.79 Å². The highest BCUT2D eigenvalue weighted by atomic mass is 16.1. The highest BCUT2D eigenvalue weighted by Crippen LogP contribution is 2.12. The molecule has 0 heterocycles. The van der Waals surface area contributed by atoms with Crippen molar-refractivity contribution in [2.24, 2.45) is 0 Å². The third-order valence-corrected chi connectivity index (χ3v) is 2.68. The standard InChI is InChI=1S/C14H23N3O/c1-12-6-4-5-7-13(12)16-14(18)8-9-15-10-11-17(2)3/h4-7,15H,8-11H2,1-3H3,(H,16,18). The molecule has 0 saturated heterocycles. The number of carbonyl (C=O) groups excluding carboxylic acids is 1. The summed E-state index contributed by atoms with van der Waals surface area (Å²) in [6.07, 6.45) is 0.502. The first kappa shape index (κ1) is 14.7. The van der Waals surface area contributed by atoms with E-state index in [2.05, 4.69) is 15.5 Å². The lowest BCUT2D eigenvalue weighted by atomic mass is 10.2. The molecule has 0 aliphatic heterocycles. The normalized spacial score (nSPS) is 10.7. The minimum Gasteiger partial charge on any atom is -0.326 e. The van der Waals surface area contributed by atoms with Crippen LogP contribution in [0.4, 0.5) is 5.69 Å². The summed E-state index contributed by atoms with van der Waals surface area (Å²) in [6, 6.07) is 7.81. The fourth-order valence-corrected chi connectivity index (χ4v) is 1.56. The number of hydrogen-bond acceptors (Lipinski definition) is 3. The number of hydrogen-bond donors (Lipinski definition) is 2. The SMILES string of the molecule is Cc1ccccc1NC(=O)CCNCCN(C)C. The molecule has 0 aromatic heterocycles. The fraction of sp³-hybridized carbons (Fsp3) is 0.500. The van der Waals surface area contributed by atoms with Gasteiger partial charge in [0.1, 0.15) is 0 Å². The van der Waals surface area contributed by atoms with Crippen molar-refractivity contribution in [2.75, 3.05) is 39.0 Å². The summed E-state index contributed by atoms with van der Waals surface area (Å²) in [6.45, 7) is 4.60. The number of aryl methyl sites for hydroxylation is 1. The maximum absolute atomic E-state index is 11.7. The van der Waals surface area contributed by atoms with Crippen LogP contribution in [0.3, 0.4) is 0 Å². The fourth-order valence-electron chi connectivity index (χ4n) is 1.56. The second kappa shape index (κ2) is 7.84. The average molecular weight is 249 g/mol. The molecular weight excluding hydrogens is 226 g/mol. The summed E-state index contributed by atoms with van der Waals surface area (Å²) in [7, 11) is 4.07. The van der Waals surface area contributed by atoms with E-state index in [1.807, 2.05) is 45.3 Å². The number of nitrogens with zero attached hydrogens (tertiary/aromatic N) is 1. The number of benzene rings is 1. The second-order valence-corrected chi connectivity index (χ2v) is 4.67. The molecule has 0 bridgehead atoms. The number of rotatable bonds is 7. The smallest absolute Gasteiger partial charge is 0.225 e. The van der Waals surface area contributed by atoms with Crippen LogP contribution in [0.2, 0.25) is 0 Å². The quantitative estimate of drug-likeness (QED) is 0.719. The van der Waals surface area contributed by atoms with Crippen molar-refractivity contribution >= 4 is 11.6 Å². The Balaban J connectivity index is 2.20. The molecule has 0 atom stereocenters. The molecule has 4 heteroatoms. The van der Waals surface area contributed by atoms with Crippen molar-refractivity contribution in [3.8, 4) is 0 Å². The molecule has 0 spiro atoms. The van der Waals surface area contributed by atoms with Crippen molar-refractivity contribution in [1.82, 2.24) is 10.2 Å². The Morgan fingerprint density at radius 3 is 2.61 bits per heavy atom. The van der Waals surface area contributed by atoms with E-state index in [1.54, 1.807) is 0 Å². The summed E-state index contributed by atoms with van der Waals surface area (Å²) < 4.78 is 0. The Morgan fingerprint density at radius 1 is 1.22 bits per heavy atom. The van der Waals surface area contributed by atoms with Gasteiger partial charge in [-0.2, -0.15) is 0 Å². The van der Waals surface area contributed by atoms with Crippen molar-refractivity contribution in [3.05, 3.63) is 29.8 Å². The van der Waals surface area contributed by atoms with Gasteiger partial charge in [-0.1, -0.05) is 18.2 Å². The molecule has 0 radical (unpaired) electrons. The van der Waals surface area contributed by atoms with E-state index in [-0.39, 0.29) is 5.91 Å². The lowest BCUT2D eigenvalue weighted by molar-refractivity contribution is -0.116. The Morgan fingerprint density at radius 2 is 1.94 bits per heavy atom. The summed E-state index contributed by atoms with van der Waals surface area (Å²) in [5.74, 6) is 0.0571. The number of para-hydroxylation sites is 1. The first-order chi connectivity index (χ1) is 8.59. The van der Waals surface area contributed by atoms with Crippen LogP contribution in [0, 0.1) is 6.92 Å². The highest BCUT2D eigenvalue weighted by Gasteiger charge is 2.03. The van der Waals surface area contributed by atoms with Crippen LogP contribution in [0.15, 0.2) is 24.3 Å². The zero-order chi connectivity index (χ0) is 13.4. The molecule has 4 nitrogen and oxygen atoms in total. The van der Waals surface area contributed by atoms with Crippen LogP contribution in [-0.4, -0.2) is 44.5 Å². The lowest BCUT2D eigenvalue weighted by Crippen LogP contribution is -2.29. The molecular formula is C14H23N3O. The van der Waals surface area contributed by atoms with Gasteiger partial charge in [-0.05, 0) is 32.6 Å². The van der Waals surface area contributed by atoms with Gasteiger partial charge in [0.05, 0.1) is 0 Å². The molecule has 0 aliphatic rings. The van der Waals surface area contributed by atoms with Crippen LogP contribution in [0.5, 0.6) is 0 Å². The molecule has 18 heavy (non-hydrogen) atoms. The maximum Gasteiger partial charge on any atom is 0.225 e. The number of nitrogens with one attached hydrogen (secondary N) is 2. The van der Waals surface area contributed by atoms with Gasteiger partial charge in [0.25, 0.3) is 0 Å². The first-order valence-electron chi connectivity index (χ1n) is 6.30. The van der Waals surface area contributed by atoms with E-state index in [4.69, 9.17) is 0 Å². The van der Waals surface area contributed by atoms with Gasteiger partial charge in [0, 0.05) is 31.7 Å². The van der Waals surface area contributed by atoms with Gasteiger partial charge in [0.15, 0.2) is 0 Å². The molecule has 2 N–H and O–H groups in total. The minimum absolute atomic E-state index is 0.0571. The van der Waals surface area contributed by atoms with Crippen molar-refractivity contribution in [2.45, 2.75) is 13.3 Å². The van der Waals surface area contributed by atoms with Crippen LogP contribution in [-0.2, 0) is 4.79 Å². The van der Waals surface area contributed by atoms with Crippen molar-refractivity contribution < 1.29 is 4.79 Å². The van der Waals surface area contributed by atoms with Crippen LogP contribution < -0.4 is 10.6 Å². The summed E-state index contributed by atoms with van der Waals surface area (Å²) in [5.41, 5.74) is 1.99. The molecule has 0 aliphatic carbocycles. The zero-order valence-corrected chi connectivity index (χ0v) is 11.5. The van der Waals surface area contributed by atoms with E-state index >= 15 is 0 Å².